The summed E-state index contributed by atoms with van der Waals surface area (Å²) in [6.45, 7) is 0.800. The third kappa shape index (κ3) is 4.96. The van der Waals surface area contributed by atoms with Crippen LogP contribution in [0.4, 0.5) is 0 Å². The van der Waals surface area contributed by atoms with Crippen LogP contribution in [0.3, 0.4) is 0 Å². The summed E-state index contributed by atoms with van der Waals surface area (Å²) in [5.74, 6) is 2.29. The van der Waals surface area contributed by atoms with Crippen LogP contribution in [0.1, 0.15) is 44.1 Å². The van der Waals surface area contributed by atoms with E-state index in [1.807, 2.05) is 12.1 Å². The molecule has 2 rings (SSSR count). The summed E-state index contributed by atoms with van der Waals surface area (Å²) in [7, 11) is 4.99. The minimum Gasteiger partial charge on any atom is -0.496 e. The minimum atomic E-state index is 0. The molecule has 1 fully saturated rings. The van der Waals surface area contributed by atoms with Crippen molar-refractivity contribution in [1.29, 1.82) is 0 Å². The van der Waals surface area contributed by atoms with Crippen molar-refractivity contribution in [3.63, 3.8) is 0 Å². The highest BCUT2D eigenvalue weighted by Crippen LogP contribution is 2.34. The van der Waals surface area contributed by atoms with Crippen molar-refractivity contribution in [1.82, 2.24) is 5.32 Å². The van der Waals surface area contributed by atoms with Crippen LogP contribution in [0.25, 0.3) is 0 Å². The van der Waals surface area contributed by atoms with E-state index in [0.29, 0.717) is 11.8 Å². The molecule has 0 unspecified atom stereocenters. The Kier molecular flexibility index (Phi) is 8.43. The van der Waals surface area contributed by atoms with Crippen molar-refractivity contribution >= 4 is 12.4 Å². The summed E-state index contributed by atoms with van der Waals surface area (Å²) in [5, 5.41) is 3.67. The molecule has 0 atom stereocenters. The van der Waals surface area contributed by atoms with E-state index in [4.69, 9.17) is 14.2 Å². The Labute approximate surface area is 139 Å². The SMILES string of the molecule is COc1cc(OC)c(OC)cc1CNC1CCCCCC1.Cl. The van der Waals surface area contributed by atoms with Gasteiger partial charge in [0, 0.05) is 24.2 Å². The first-order valence-electron chi connectivity index (χ1n) is 7.80. The van der Waals surface area contributed by atoms with Gasteiger partial charge in [-0.3, -0.25) is 0 Å². The first-order chi connectivity index (χ1) is 10.3. The van der Waals surface area contributed by atoms with E-state index >= 15 is 0 Å². The highest BCUT2D eigenvalue weighted by atomic mass is 35.5. The van der Waals surface area contributed by atoms with Crippen molar-refractivity contribution in [2.75, 3.05) is 21.3 Å². The fraction of sp³-hybridized carbons (Fsp3) is 0.647. The number of hydrogen-bond donors (Lipinski definition) is 1. The molecule has 22 heavy (non-hydrogen) atoms. The van der Waals surface area contributed by atoms with Crippen LogP contribution < -0.4 is 19.5 Å². The summed E-state index contributed by atoms with van der Waals surface area (Å²) in [6.07, 6.45) is 7.96. The van der Waals surface area contributed by atoms with Gasteiger partial charge in [0.05, 0.1) is 21.3 Å². The summed E-state index contributed by atoms with van der Waals surface area (Å²) in [4.78, 5) is 0. The highest BCUT2D eigenvalue weighted by molar-refractivity contribution is 5.85. The van der Waals surface area contributed by atoms with Crippen molar-refractivity contribution in [2.24, 2.45) is 0 Å². The van der Waals surface area contributed by atoms with E-state index in [0.717, 1.165) is 23.6 Å². The summed E-state index contributed by atoms with van der Waals surface area (Å²) >= 11 is 0. The van der Waals surface area contributed by atoms with Crippen molar-refractivity contribution in [2.45, 2.75) is 51.1 Å². The third-order valence-corrected chi connectivity index (χ3v) is 4.22. The molecule has 0 spiro atoms. The first-order valence-corrected chi connectivity index (χ1v) is 7.80. The molecule has 0 amide bonds. The summed E-state index contributed by atoms with van der Waals surface area (Å²) < 4.78 is 16.2. The van der Waals surface area contributed by atoms with E-state index < -0.39 is 0 Å². The van der Waals surface area contributed by atoms with E-state index in [1.165, 1.54) is 38.5 Å². The molecule has 0 aromatic heterocycles. The number of rotatable bonds is 6. The quantitative estimate of drug-likeness (QED) is 0.802. The predicted octanol–water partition coefficient (Wildman–Crippen LogP) is 3.95. The lowest BCUT2D eigenvalue weighted by molar-refractivity contribution is 0.346. The lowest BCUT2D eigenvalue weighted by Crippen LogP contribution is -2.28. The van der Waals surface area contributed by atoms with E-state index in [-0.39, 0.29) is 12.4 Å². The smallest absolute Gasteiger partial charge is 0.164 e. The van der Waals surface area contributed by atoms with Crippen LogP contribution in [0, 0.1) is 0 Å². The van der Waals surface area contributed by atoms with Gasteiger partial charge in [-0.25, -0.2) is 0 Å². The number of nitrogens with one attached hydrogen (secondary N) is 1. The van der Waals surface area contributed by atoms with Crippen LogP contribution in [0.2, 0.25) is 0 Å². The number of methoxy groups -OCH3 is 3. The van der Waals surface area contributed by atoms with Crippen molar-refractivity contribution < 1.29 is 14.2 Å². The Morgan fingerprint density at radius 3 is 1.95 bits per heavy atom. The zero-order valence-corrected chi connectivity index (χ0v) is 14.6. The zero-order chi connectivity index (χ0) is 15.1. The molecule has 0 saturated heterocycles. The Hall–Kier alpha value is -1.13. The molecule has 0 heterocycles. The van der Waals surface area contributed by atoms with Crippen LogP contribution >= 0.6 is 12.4 Å². The summed E-state index contributed by atoms with van der Waals surface area (Å²) in [6, 6.07) is 4.51. The standard InChI is InChI=1S/C17H27NO3.ClH/c1-19-15-11-17(21-3)16(20-2)10-13(15)12-18-14-8-6-4-5-7-9-14;/h10-11,14,18H,4-9,12H2,1-3H3;1H. The van der Waals surface area contributed by atoms with Gasteiger partial charge in [-0.15, -0.1) is 12.4 Å². The lowest BCUT2D eigenvalue weighted by atomic mass is 10.1. The largest absolute Gasteiger partial charge is 0.496 e. The van der Waals surface area contributed by atoms with E-state index in [2.05, 4.69) is 5.32 Å². The molecule has 0 aliphatic heterocycles. The number of hydrogen-bond acceptors (Lipinski definition) is 4. The van der Waals surface area contributed by atoms with Crippen LogP contribution in [0.5, 0.6) is 17.2 Å². The van der Waals surface area contributed by atoms with Gasteiger partial charge in [-0.05, 0) is 18.9 Å². The van der Waals surface area contributed by atoms with Gasteiger partial charge in [0.1, 0.15) is 5.75 Å². The fourth-order valence-corrected chi connectivity index (χ4v) is 2.97. The van der Waals surface area contributed by atoms with Crippen LogP contribution in [-0.2, 0) is 6.54 Å². The molecule has 5 heteroatoms. The summed E-state index contributed by atoms with van der Waals surface area (Å²) in [5.41, 5.74) is 1.11. The van der Waals surface area contributed by atoms with Gasteiger partial charge < -0.3 is 19.5 Å². The van der Waals surface area contributed by atoms with Crippen molar-refractivity contribution in [3.05, 3.63) is 17.7 Å². The topological polar surface area (TPSA) is 39.7 Å². The third-order valence-electron chi connectivity index (χ3n) is 4.22. The molecule has 1 aromatic rings. The molecule has 1 saturated carbocycles. The maximum absolute atomic E-state index is 5.48. The van der Waals surface area contributed by atoms with E-state index in [1.54, 1.807) is 21.3 Å². The van der Waals surface area contributed by atoms with E-state index in [9.17, 15) is 0 Å². The van der Waals surface area contributed by atoms with Gasteiger partial charge >= 0.3 is 0 Å². The predicted molar refractivity (Wildman–Crippen MR) is 91.7 cm³/mol. The molecular formula is C17H28ClNO3. The van der Waals surface area contributed by atoms with Gasteiger partial charge in [0.25, 0.3) is 0 Å². The molecular weight excluding hydrogens is 302 g/mol. The molecule has 0 bridgehead atoms. The van der Waals surface area contributed by atoms with Crippen LogP contribution in [0.15, 0.2) is 12.1 Å². The molecule has 4 nitrogen and oxygen atoms in total. The molecule has 0 radical (unpaired) electrons. The Morgan fingerprint density at radius 2 is 1.41 bits per heavy atom. The first kappa shape index (κ1) is 18.9. The normalized spacial score (nSPS) is 15.6. The second-order valence-electron chi connectivity index (χ2n) is 5.59. The highest BCUT2D eigenvalue weighted by Gasteiger charge is 2.15. The fourth-order valence-electron chi connectivity index (χ4n) is 2.97. The zero-order valence-electron chi connectivity index (χ0n) is 13.8. The van der Waals surface area contributed by atoms with Gasteiger partial charge in [0.2, 0.25) is 0 Å². The van der Waals surface area contributed by atoms with Gasteiger partial charge in [-0.2, -0.15) is 0 Å². The second-order valence-corrected chi connectivity index (χ2v) is 5.59. The monoisotopic (exact) mass is 329 g/mol. The van der Waals surface area contributed by atoms with Gasteiger partial charge in [-0.1, -0.05) is 25.7 Å². The average molecular weight is 330 g/mol. The molecule has 1 aromatic carbocycles. The second kappa shape index (κ2) is 9.80. The van der Waals surface area contributed by atoms with Crippen LogP contribution in [-0.4, -0.2) is 27.4 Å². The minimum absolute atomic E-state index is 0. The molecule has 1 N–H and O–H groups in total. The lowest BCUT2D eigenvalue weighted by Gasteiger charge is -2.19. The average Bonchev–Trinajstić information content (AvgIpc) is 2.80. The molecule has 1 aliphatic carbocycles. The van der Waals surface area contributed by atoms with Gasteiger partial charge in [0.15, 0.2) is 11.5 Å². The Balaban J connectivity index is 0.00000242. The maximum Gasteiger partial charge on any atom is 0.164 e. The Morgan fingerprint density at radius 1 is 0.864 bits per heavy atom. The van der Waals surface area contributed by atoms with Crippen molar-refractivity contribution in [3.8, 4) is 17.2 Å². The number of halogens is 1. The maximum atomic E-state index is 5.48. The molecule has 1 aliphatic rings. The Bertz CT molecular complexity index is 446. The number of benzene rings is 1. The number of ether oxygens (including phenoxy) is 3. The molecule has 126 valence electrons.